The van der Waals surface area contributed by atoms with Crippen LogP contribution >= 0.6 is 0 Å². The van der Waals surface area contributed by atoms with Crippen LogP contribution < -0.4 is 0 Å². The predicted molar refractivity (Wildman–Crippen MR) is 45.9 cm³/mol. The van der Waals surface area contributed by atoms with Crippen molar-refractivity contribution in [2.75, 3.05) is 19.9 Å². The van der Waals surface area contributed by atoms with Gasteiger partial charge < -0.3 is 9.47 Å². The van der Waals surface area contributed by atoms with Gasteiger partial charge in [-0.25, -0.2) is 0 Å². The Morgan fingerprint density at radius 3 is 2.00 bits per heavy atom. The molecule has 2 heterocycles. The average molecular weight is 171 g/mol. The molecule has 2 fully saturated rings. The minimum absolute atomic E-state index is 0.247. The molecule has 0 aromatic heterocycles. The summed E-state index contributed by atoms with van der Waals surface area (Å²) in [6, 6.07) is 0. The highest BCUT2D eigenvalue weighted by molar-refractivity contribution is 4.93. The summed E-state index contributed by atoms with van der Waals surface area (Å²) in [5.74, 6) is 0. The summed E-state index contributed by atoms with van der Waals surface area (Å²) >= 11 is 0. The minimum atomic E-state index is 0.247. The van der Waals surface area contributed by atoms with E-state index in [0.717, 1.165) is 13.1 Å². The first kappa shape index (κ1) is 8.48. The summed E-state index contributed by atoms with van der Waals surface area (Å²) < 4.78 is 10.9. The fourth-order valence-electron chi connectivity index (χ4n) is 1.83. The fourth-order valence-corrected chi connectivity index (χ4v) is 1.83. The number of hydrogen-bond donors (Lipinski definition) is 0. The number of hydrogen-bond acceptors (Lipinski definition) is 3. The lowest BCUT2D eigenvalue weighted by atomic mass is 10.1. The van der Waals surface area contributed by atoms with Gasteiger partial charge in [0.15, 0.2) is 0 Å². The monoisotopic (exact) mass is 171 g/mol. The van der Waals surface area contributed by atoms with Crippen LogP contribution in [0.2, 0.25) is 0 Å². The molecule has 3 nitrogen and oxygen atoms in total. The van der Waals surface area contributed by atoms with E-state index in [9.17, 15) is 0 Å². The molecule has 2 unspecified atom stereocenters. The smallest absolute Gasteiger partial charge is 0.147 e. The van der Waals surface area contributed by atoms with Gasteiger partial charge in [0.1, 0.15) is 19.0 Å². The van der Waals surface area contributed by atoms with Gasteiger partial charge in [-0.15, -0.1) is 0 Å². The first-order valence-corrected chi connectivity index (χ1v) is 4.55. The van der Waals surface area contributed by atoms with Crippen LogP contribution in [0.5, 0.6) is 0 Å². The normalized spacial score (nSPS) is 37.2. The molecular weight excluding hydrogens is 154 g/mol. The zero-order valence-corrected chi connectivity index (χ0v) is 8.04. The van der Waals surface area contributed by atoms with Gasteiger partial charge in [-0.2, -0.15) is 0 Å². The highest BCUT2D eigenvalue weighted by Gasteiger charge is 2.41. The zero-order chi connectivity index (χ0) is 8.77. The van der Waals surface area contributed by atoms with Crippen LogP contribution in [0.4, 0.5) is 0 Å². The lowest BCUT2D eigenvalue weighted by molar-refractivity contribution is 0.00117. The van der Waals surface area contributed by atoms with Crippen molar-refractivity contribution in [1.29, 1.82) is 0 Å². The van der Waals surface area contributed by atoms with Crippen LogP contribution in [0, 0.1) is 0 Å². The molecule has 2 rings (SSSR count). The van der Waals surface area contributed by atoms with Gasteiger partial charge in [-0.05, 0) is 20.8 Å². The number of likely N-dealkylation sites (tertiary alicyclic amines) is 1. The Morgan fingerprint density at radius 1 is 1.08 bits per heavy atom. The minimum Gasteiger partial charge on any atom is -0.348 e. The molecule has 0 aromatic rings. The fraction of sp³-hybridized carbons (Fsp3) is 1.00. The number of ether oxygens (including phenoxy) is 2. The third kappa shape index (κ3) is 1.37. The van der Waals surface area contributed by atoms with Gasteiger partial charge >= 0.3 is 0 Å². The van der Waals surface area contributed by atoms with Gasteiger partial charge in [0.2, 0.25) is 0 Å². The van der Waals surface area contributed by atoms with Crippen molar-refractivity contribution < 1.29 is 9.47 Å². The molecule has 0 amide bonds. The van der Waals surface area contributed by atoms with Crippen molar-refractivity contribution in [3.8, 4) is 0 Å². The van der Waals surface area contributed by atoms with Gasteiger partial charge in [-0.3, -0.25) is 4.90 Å². The van der Waals surface area contributed by atoms with E-state index in [4.69, 9.17) is 9.47 Å². The van der Waals surface area contributed by atoms with Gasteiger partial charge in [0.25, 0.3) is 0 Å². The van der Waals surface area contributed by atoms with E-state index in [1.807, 2.05) is 0 Å². The molecule has 0 spiro atoms. The first-order valence-electron chi connectivity index (χ1n) is 4.55. The largest absolute Gasteiger partial charge is 0.348 e. The number of rotatable bonds is 0. The number of nitrogens with zero attached hydrogens (tertiary/aromatic N) is 1. The Morgan fingerprint density at radius 2 is 1.58 bits per heavy atom. The second-order valence-electron chi connectivity index (χ2n) is 4.60. The predicted octanol–water partition coefficient (Wildman–Crippen LogP) is 0.842. The lowest BCUT2D eigenvalue weighted by Crippen LogP contribution is -2.40. The molecular formula is C9H17NO2. The molecule has 0 N–H and O–H groups in total. The first-order chi connectivity index (χ1) is 5.57. The van der Waals surface area contributed by atoms with Crippen LogP contribution in [0.3, 0.4) is 0 Å². The van der Waals surface area contributed by atoms with E-state index >= 15 is 0 Å². The topological polar surface area (TPSA) is 21.7 Å². The summed E-state index contributed by atoms with van der Waals surface area (Å²) in [5, 5.41) is 0. The molecule has 2 saturated heterocycles. The van der Waals surface area contributed by atoms with Crippen LogP contribution in [0.25, 0.3) is 0 Å². The summed E-state index contributed by atoms with van der Waals surface area (Å²) in [6.07, 6.45) is 0.647. The summed E-state index contributed by atoms with van der Waals surface area (Å²) in [5.41, 5.74) is 0.247. The average Bonchev–Trinajstić information content (AvgIpc) is 2.37. The van der Waals surface area contributed by atoms with Crippen molar-refractivity contribution >= 4 is 0 Å². The van der Waals surface area contributed by atoms with Crippen molar-refractivity contribution in [3.63, 3.8) is 0 Å². The Labute approximate surface area is 73.6 Å². The van der Waals surface area contributed by atoms with E-state index in [2.05, 4.69) is 25.7 Å². The van der Waals surface area contributed by atoms with Crippen molar-refractivity contribution in [2.45, 2.75) is 38.5 Å². The van der Waals surface area contributed by atoms with Gasteiger partial charge in [-0.1, -0.05) is 0 Å². The Bertz CT molecular complexity index is 164. The van der Waals surface area contributed by atoms with Crippen LogP contribution in [-0.4, -0.2) is 42.5 Å². The van der Waals surface area contributed by atoms with E-state index < -0.39 is 0 Å². The quantitative estimate of drug-likeness (QED) is 0.539. The summed E-state index contributed by atoms with van der Waals surface area (Å²) in [7, 11) is 0. The summed E-state index contributed by atoms with van der Waals surface area (Å²) in [4.78, 5) is 2.42. The highest BCUT2D eigenvalue weighted by Crippen LogP contribution is 2.27. The highest BCUT2D eigenvalue weighted by atomic mass is 16.7. The van der Waals surface area contributed by atoms with Gasteiger partial charge in [0.05, 0.1) is 0 Å². The van der Waals surface area contributed by atoms with E-state index in [0.29, 0.717) is 19.0 Å². The molecule has 0 radical (unpaired) electrons. The molecule has 2 aliphatic heterocycles. The van der Waals surface area contributed by atoms with Gasteiger partial charge in [0, 0.05) is 18.6 Å². The molecule has 2 aliphatic rings. The third-order valence-corrected chi connectivity index (χ3v) is 2.73. The number of fused-ring (bicyclic) bond motifs is 1. The Balaban J connectivity index is 1.99. The maximum atomic E-state index is 5.44. The molecule has 0 saturated carbocycles. The Kier molecular flexibility index (Phi) is 1.90. The van der Waals surface area contributed by atoms with Crippen LogP contribution in [-0.2, 0) is 9.47 Å². The van der Waals surface area contributed by atoms with Crippen LogP contribution in [0.1, 0.15) is 20.8 Å². The maximum Gasteiger partial charge on any atom is 0.147 e. The molecule has 0 aromatic carbocycles. The third-order valence-electron chi connectivity index (χ3n) is 2.73. The van der Waals surface area contributed by atoms with Crippen molar-refractivity contribution in [2.24, 2.45) is 0 Å². The Hall–Kier alpha value is -0.120. The second kappa shape index (κ2) is 2.69. The van der Waals surface area contributed by atoms with E-state index in [1.54, 1.807) is 0 Å². The van der Waals surface area contributed by atoms with E-state index in [-0.39, 0.29) is 5.54 Å². The molecule has 3 heteroatoms. The molecule has 2 atom stereocenters. The molecule has 0 aliphatic carbocycles. The standard InChI is InChI=1S/C9H17NO2/c1-9(2,3)10-4-7-8(5-10)12-6-11-7/h7-8H,4-6H2,1-3H3. The van der Waals surface area contributed by atoms with E-state index in [1.165, 1.54) is 0 Å². The van der Waals surface area contributed by atoms with Crippen LogP contribution in [0.15, 0.2) is 0 Å². The van der Waals surface area contributed by atoms with Crippen molar-refractivity contribution in [1.82, 2.24) is 4.90 Å². The molecule has 0 bridgehead atoms. The second-order valence-corrected chi connectivity index (χ2v) is 4.60. The maximum absolute atomic E-state index is 5.44. The van der Waals surface area contributed by atoms with Crippen molar-refractivity contribution in [3.05, 3.63) is 0 Å². The molecule has 70 valence electrons. The lowest BCUT2D eigenvalue weighted by Gasteiger charge is -2.31. The molecule has 12 heavy (non-hydrogen) atoms. The summed E-state index contributed by atoms with van der Waals surface area (Å²) in [6.45, 7) is 9.23. The zero-order valence-electron chi connectivity index (χ0n) is 8.04. The SMILES string of the molecule is CC(C)(C)N1CC2OCOC2C1.